The van der Waals surface area contributed by atoms with Crippen LogP contribution in [0.15, 0.2) is 0 Å². The second-order valence-electron chi connectivity index (χ2n) is 6.30. The smallest absolute Gasteiger partial charge is 0.319 e. The van der Waals surface area contributed by atoms with Crippen molar-refractivity contribution in [1.82, 2.24) is 0 Å². The molecule has 1 unspecified atom stereocenters. The number of esters is 1. The molecule has 0 saturated heterocycles. The zero-order valence-corrected chi connectivity index (χ0v) is 13.9. The van der Waals surface area contributed by atoms with Crippen LogP contribution in [-0.4, -0.2) is 18.4 Å². The Balaban J connectivity index is 2.43. The number of Topliss-reactive ketones (excluding diaryl/α,β-unsaturated/α-hetero) is 1. The van der Waals surface area contributed by atoms with E-state index in [1.165, 1.54) is 32.1 Å². The van der Waals surface area contributed by atoms with Gasteiger partial charge < -0.3 is 4.74 Å². The van der Waals surface area contributed by atoms with E-state index < -0.39 is 5.41 Å². The van der Waals surface area contributed by atoms with Crippen LogP contribution in [0.25, 0.3) is 0 Å². The average Bonchev–Trinajstić information content (AvgIpc) is 2.48. The minimum absolute atomic E-state index is 0.123. The van der Waals surface area contributed by atoms with Crippen molar-refractivity contribution in [2.45, 2.75) is 90.9 Å². The van der Waals surface area contributed by atoms with Crippen molar-refractivity contribution < 1.29 is 14.3 Å². The van der Waals surface area contributed by atoms with Gasteiger partial charge in [-0.2, -0.15) is 0 Å². The van der Waals surface area contributed by atoms with Gasteiger partial charge in [-0.3, -0.25) is 9.59 Å². The average molecular weight is 296 g/mol. The lowest BCUT2D eigenvalue weighted by molar-refractivity contribution is -0.163. The predicted molar refractivity (Wildman–Crippen MR) is 85.2 cm³/mol. The van der Waals surface area contributed by atoms with E-state index in [0.717, 1.165) is 25.7 Å². The van der Waals surface area contributed by atoms with Crippen LogP contribution < -0.4 is 0 Å². The van der Waals surface area contributed by atoms with Crippen LogP contribution >= 0.6 is 0 Å². The SMILES string of the molecule is CCCCCCCCCC1(C(=O)OCC)CCCCC1=O. The van der Waals surface area contributed by atoms with Gasteiger partial charge in [0.05, 0.1) is 6.61 Å². The summed E-state index contributed by atoms with van der Waals surface area (Å²) in [4.78, 5) is 24.6. The van der Waals surface area contributed by atoms with E-state index in [1.54, 1.807) is 0 Å². The van der Waals surface area contributed by atoms with E-state index in [1.807, 2.05) is 6.92 Å². The quantitative estimate of drug-likeness (QED) is 0.330. The van der Waals surface area contributed by atoms with E-state index in [4.69, 9.17) is 4.74 Å². The van der Waals surface area contributed by atoms with Gasteiger partial charge in [-0.15, -0.1) is 0 Å². The summed E-state index contributed by atoms with van der Waals surface area (Å²) in [5.41, 5.74) is -0.808. The lowest BCUT2D eigenvalue weighted by atomic mass is 9.70. The number of carbonyl (C=O) groups excluding carboxylic acids is 2. The molecule has 122 valence electrons. The van der Waals surface area contributed by atoms with Crippen LogP contribution in [-0.2, 0) is 14.3 Å². The monoisotopic (exact) mass is 296 g/mol. The number of rotatable bonds is 10. The molecule has 0 aromatic rings. The second kappa shape index (κ2) is 9.97. The highest BCUT2D eigenvalue weighted by atomic mass is 16.5. The second-order valence-corrected chi connectivity index (χ2v) is 6.30. The Morgan fingerprint density at radius 1 is 1.05 bits per heavy atom. The summed E-state index contributed by atoms with van der Waals surface area (Å²) in [5.74, 6) is -0.140. The molecule has 1 aliphatic rings. The number of hydrogen-bond donors (Lipinski definition) is 0. The van der Waals surface area contributed by atoms with Crippen molar-refractivity contribution in [3.63, 3.8) is 0 Å². The first kappa shape index (κ1) is 18.2. The molecule has 0 amide bonds. The van der Waals surface area contributed by atoms with Crippen molar-refractivity contribution in [2.24, 2.45) is 5.41 Å². The molecular formula is C18H32O3. The Morgan fingerprint density at radius 2 is 1.71 bits per heavy atom. The highest BCUT2D eigenvalue weighted by molar-refractivity contribution is 6.04. The fourth-order valence-electron chi connectivity index (χ4n) is 3.33. The topological polar surface area (TPSA) is 43.4 Å². The molecule has 0 aromatic carbocycles. The van der Waals surface area contributed by atoms with Crippen LogP contribution in [0.5, 0.6) is 0 Å². The van der Waals surface area contributed by atoms with Crippen LogP contribution in [0, 0.1) is 5.41 Å². The van der Waals surface area contributed by atoms with Gasteiger partial charge in [0.15, 0.2) is 0 Å². The first-order valence-electron chi connectivity index (χ1n) is 8.88. The zero-order chi connectivity index (χ0) is 15.6. The van der Waals surface area contributed by atoms with E-state index in [0.29, 0.717) is 25.9 Å². The molecule has 3 heteroatoms. The van der Waals surface area contributed by atoms with Crippen LogP contribution in [0.3, 0.4) is 0 Å². The minimum atomic E-state index is -0.808. The highest BCUT2D eigenvalue weighted by Crippen LogP contribution is 2.39. The molecule has 1 rings (SSSR count). The number of ketones is 1. The lowest BCUT2D eigenvalue weighted by Gasteiger charge is -2.33. The summed E-state index contributed by atoms with van der Waals surface area (Å²) in [7, 11) is 0. The maximum Gasteiger partial charge on any atom is 0.319 e. The molecule has 1 saturated carbocycles. The first-order chi connectivity index (χ1) is 10.2. The van der Waals surface area contributed by atoms with E-state index >= 15 is 0 Å². The maximum absolute atomic E-state index is 12.3. The van der Waals surface area contributed by atoms with Gasteiger partial charge in [-0.25, -0.2) is 0 Å². The summed E-state index contributed by atoms with van der Waals surface area (Å²) < 4.78 is 5.21. The number of carbonyl (C=O) groups is 2. The van der Waals surface area contributed by atoms with E-state index in [9.17, 15) is 9.59 Å². The van der Waals surface area contributed by atoms with Gasteiger partial charge >= 0.3 is 5.97 Å². The zero-order valence-electron chi connectivity index (χ0n) is 13.9. The van der Waals surface area contributed by atoms with Gasteiger partial charge in [0.1, 0.15) is 11.2 Å². The number of ether oxygens (including phenoxy) is 1. The molecule has 21 heavy (non-hydrogen) atoms. The molecule has 0 bridgehead atoms. The predicted octanol–water partition coefficient (Wildman–Crippen LogP) is 4.82. The molecule has 0 aromatic heterocycles. The molecule has 0 radical (unpaired) electrons. The van der Waals surface area contributed by atoms with Crippen molar-refractivity contribution >= 4 is 11.8 Å². The summed E-state index contributed by atoms with van der Waals surface area (Å²) in [6, 6.07) is 0. The van der Waals surface area contributed by atoms with E-state index in [-0.39, 0.29) is 11.8 Å². The Hall–Kier alpha value is -0.860. The first-order valence-corrected chi connectivity index (χ1v) is 8.88. The van der Waals surface area contributed by atoms with Gasteiger partial charge in [-0.05, 0) is 26.2 Å². The summed E-state index contributed by atoms with van der Waals surface area (Å²) in [6.07, 6.45) is 12.3. The van der Waals surface area contributed by atoms with Crippen LogP contribution in [0.1, 0.15) is 90.9 Å². The van der Waals surface area contributed by atoms with Crippen molar-refractivity contribution in [1.29, 1.82) is 0 Å². The molecule has 3 nitrogen and oxygen atoms in total. The van der Waals surface area contributed by atoms with Crippen LogP contribution in [0.4, 0.5) is 0 Å². The van der Waals surface area contributed by atoms with Crippen molar-refractivity contribution in [2.75, 3.05) is 6.61 Å². The largest absolute Gasteiger partial charge is 0.465 e. The molecule has 1 aliphatic carbocycles. The molecule has 0 heterocycles. The van der Waals surface area contributed by atoms with Gasteiger partial charge in [0, 0.05) is 6.42 Å². The van der Waals surface area contributed by atoms with Crippen LogP contribution in [0.2, 0.25) is 0 Å². The highest BCUT2D eigenvalue weighted by Gasteiger charge is 2.47. The third-order valence-corrected chi connectivity index (χ3v) is 4.66. The summed E-state index contributed by atoms with van der Waals surface area (Å²) in [6.45, 7) is 4.40. The standard InChI is InChI=1S/C18H32O3/c1-3-5-6-7-8-9-11-14-18(17(20)21-4-2)15-12-10-13-16(18)19/h3-15H2,1-2H3. The Labute approximate surface area is 129 Å². The molecule has 0 spiro atoms. The third kappa shape index (κ3) is 5.44. The molecule has 1 fully saturated rings. The minimum Gasteiger partial charge on any atom is -0.465 e. The van der Waals surface area contributed by atoms with E-state index in [2.05, 4.69) is 6.92 Å². The normalized spacial score (nSPS) is 22.3. The Kier molecular flexibility index (Phi) is 8.63. The van der Waals surface area contributed by atoms with Crippen molar-refractivity contribution in [3.05, 3.63) is 0 Å². The molecule has 1 atom stereocenters. The molecular weight excluding hydrogens is 264 g/mol. The summed E-state index contributed by atoms with van der Waals surface area (Å²) >= 11 is 0. The molecule has 0 N–H and O–H groups in total. The fourth-order valence-corrected chi connectivity index (χ4v) is 3.33. The maximum atomic E-state index is 12.3. The fraction of sp³-hybridized carbons (Fsp3) is 0.889. The third-order valence-electron chi connectivity index (χ3n) is 4.66. The summed E-state index contributed by atoms with van der Waals surface area (Å²) in [5, 5.41) is 0. The lowest BCUT2D eigenvalue weighted by Crippen LogP contribution is -2.43. The van der Waals surface area contributed by atoms with Crippen molar-refractivity contribution in [3.8, 4) is 0 Å². The molecule has 0 aliphatic heterocycles. The van der Waals surface area contributed by atoms with Gasteiger partial charge in [-0.1, -0.05) is 58.3 Å². The number of unbranched alkanes of at least 4 members (excludes halogenated alkanes) is 6. The van der Waals surface area contributed by atoms with Gasteiger partial charge in [0.25, 0.3) is 0 Å². The number of hydrogen-bond acceptors (Lipinski definition) is 3. The Morgan fingerprint density at radius 3 is 2.33 bits per heavy atom. The van der Waals surface area contributed by atoms with Gasteiger partial charge in [0.2, 0.25) is 0 Å². The Bertz CT molecular complexity index is 324.